The fourth-order valence-electron chi connectivity index (χ4n) is 0.353. The van der Waals surface area contributed by atoms with E-state index in [-0.39, 0.29) is 31.0 Å². The van der Waals surface area contributed by atoms with Crippen LogP contribution in [0.15, 0.2) is 12.7 Å². The van der Waals surface area contributed by atoms with Gasteiger partial charge < -0.3 is 6.22 Å². The van der Waals surface area contributed by atoms with Gasteiger partial charge in [-0.2, -0.15) is 0 Å². The van der Waals surface area contributed by atoms with Crippen LogP contribution >= 0.6 is 0 Å². The van der Waals surface area contributed by atoms with Crippen molar-refractivity contribution in [3.63, 3.8) is 0 Å². The molecule has 0 aromatic rings. The summed E-state index contributed by atoms with van der Waals surface area (Å²) >= 11 is 0. The summed E-state index contributed by atoms with van der Waals surface area (Å²) in [5, 5.41) is 0. The van der Waals surface area contributed by atoms with Crippen molar-refractivity contribution in [1.82, 2.24) is 0 Å². The molecule has 0 aliphatic heterocycles. The van der Waals surface area contributed by atoms with Crippen molar-refractivity contribution in [1.29, 1.82) is 0 Å². The van der Waals surface area contributed by atoms with Gasteiger partial charge in [0.05, 0.1) is 0 Å². The third kappa shape index (κ3) is 10.0. The Bertz CT molecular complexity index is 71.8. The first kappa shape index (κ1) is 11.7. The molecule has 0 saturated carbocycles. The summed E-state index contributed by atoms with van der Waals surface area (Å²) in [6.07, 6.45) is 1.77. The standard InChI is InChI=1S/C5H12OSi.Na.H/c1-4-5-7(2,3)6;;/h4,6H,1,5H2,2-3H3;;/q;+1;-1. The van der Waals surface area contributed by atoms with Gasteiger partial charge in [-0.1, -0.05) is 6.08 Å². The molecular weight excluding hydrogens is 127 g/mol. The average molecular weight is 140 g/mol. The molecule has 3 heteroatoms. The molecule has 0 rings (SSSR count). The normalized spacial score (nSPS) is 9.88. The molecule has 0 aromatic carbocycles. The summed E-state index contributed by atoms with van der Waals surface area (Å²) in [6, 6.07) is 0.799. The maximum atomic E-state index is 9.09. The maximum Gasteiger partial charge on any atom is 1.00 e. The van der Waals surface area contributed by atoms with Gasteiger partial charge in [-0.25, -0.2) is 0 Å². The molecule has 0 radical (unpaired) electrons. The Hall–Kier alpha value is 0.917. The van der Waals surface area contributed by atoms with Gasteiger partial charge in [0.25, 0.3) is 0 Å². The minimum absolute atomic E-state index is 0. The van der Waals surface area contributed by atoms with Crippen LogP contribution in [0.1, 0.15) is 1.43 Å². The van der Waals surface area contributed by atoms with E-state index in [1.165, 1.54) is 0 Å². The van der Waals surface area contributed by atoms with Crippen molar-refractivity contribution in [2.75, 3.05) is 0 Å². The summed E-state index contributed by atoms with van der Waals surface area (Å²) in [5.41, 5.74) is 0. The van der Waals surface area contributed by atoms with Crippen molar-refractivity contribution in [2.24, 2.45) is 0 Å². The van der Waals surface area contributed by atoms with Crippen molar-refractivity contribution >= 4 is 8.32 Å². The molecule has 0 aliphatic rings. The van der Waals surface area contributed by atoms with Crippen LogP contribution in [-0.2, 0) is 0 Å². The first-order valence-corrected chi connectivity index (χ1v) is 5.55. The monoisotopic (exact) mass is 140 g/mol. The summed E-state index contributed by atoms with van der Waals surface area (Å²) in [5.74, 6) is 0. The van der Waals surface area contributed by atoms with Gasteiger partial charge in [0.15, 0.2) is 8.32 Å². The van der Waals surface area contributed by atoms with Gasteiger partial charge in [0.1, 0.15) is 0 Å². The quantitative estimate of drug-likeness (QED) is 0.365. The largest absolute Gasteiger partial charge is 1.00 e. The maximum absolute atomic E-state index is 9.09. The fourth-order valence-corrected chi connectivity index (χ4v) is 1.06. The molecule has 1 N–H and O–H groups in total. The van der Waals surface area contributed by atoms with Crippen molar-refractivity contribution in [2.45, 2.75) is 19.1 Å². The Morgan fingerprint density at radius 1 is 1.75 bits per heavy atom. The molecule has 0 saturated heterocycles. The molecule has 0 aromatic heterocycles. The predicted molar refractivity (Wildman–Crippen MR) is 35.8 cm³/mol. The van der Waals surface area contributed by atoms with Crippen LogP contribution in [0.4, 0.5) is 0 Å². The van der Waals surface area contributed by atoms with Crippen LogP contribution < -0.4 is 29.6 Å². The molecule has 0 spiro atoms. The van der Waals surface area contributed by atoms with Gasteiger partial charge in [0.2, 0.25) is 0 Å². The Labute approximate surface area is 75.7 Å². The second-order valence-corrected chi connectivity index (χ2v) is 6.34. The van der Waals surface area contributed by atoms with Gasteiger partial charge in [0, 0.05) is 0 Å². The minimum atomic E-state index is -1.78. The second kappa shape index (κ2) is 4.76. The molecular formula is C5H13NaOSi. The van der Waals surface area contributed by atoms with E-state index < -0.39 is 8.32 Å². The van der Waals surface area contributed by atoms with E-state index in [0.29, 0.717) is 0 Å². The third-order valence-electron chi connectivity index (χ3n) is 0.644. The van der Waals surface area contributed by atoms with Crippen LogP contribution in [0.2, 0.25) is 19.1 Å². The smallest absolute Gasteiger partial charge is 1.00 e. The van der Waals surface area contributed by atoms with E-state index >= 15 is 0 Å². The van der Waals surface area contributed by atoms with Crippen molar-refractivity contribution in [3.05, 3.63) is 12.7 Å². The minimum Gasteiger partial charge on any atom is -1.00 e. The number of hydrogen-bond acceptors (Lipinski definition) is 1. The molecule has 1 nitrogen and oxygen atoms in total. The summed E-state index contributed by atoms with van der Waals surface area (Å²) in [4.78, 5) is 9.09. The number of hydrogen-bond donors (Lipinski definition) is 1. The van der Waals surface area contributed by atoms with Crippen LogP contribution in [0.5, 0.6) is 0 Å². The van der Waals surface area contributed by atoms with Crippen molar-refractivity contribution in [3.8, 4) is 0 Å². The molecule has 0 fully saturated rings. The van der Waals surface area contributed by atoms with Gasteiger partial charge in [-0.3, -0.25) is 0 Å². The molecule has 0 amide bonds. The number of allylic oxidation sites excluding steroid dienone is 1. The summed E-state index contributed by atoms with van der Waals surface area (Å²) < 4.78 is 0. The Morgan fingerprint density at radius 2 is 2.12 bits per heavy atom. The fraction of sp³-hybridized carbons (Fsp3) is 0.600. The van der Waals surface area contributed by atoms with Gasteiger partial charge in [-0.05, 0) is 19.1 Å². The van der Waals surface area contributed by atoms with Gasteiger partial charge in [-0.15, -0.1) is 6.58 Å². The Morgan fingerprint density at radius 3 is 2.12 bits per heavy atom. The van der Waals surface area contributed by atoms with Crippen molar-refractivity contribution < 1.29 is 35.8 Å². The van der Waals surface area contributed by atoms with E-state index in [2.05, 4.69) is 6.58 Å². The average Bonchev–Trinajstić information content (AvgIpc) is 1.30. The predicted octanol–water partition coefficient (Wildman–Crippen LogP) is -1.51. The van der Waals surface area contributed by atoms with Gasteiger partial charge >= 0.3 is 29.6 Å². The zero-order valence-electron chi connectivity index (χ0n) is 6.94. The van der Waals surface area contributed by atoms with Crippen LogP contribution in [0, 0.1) is 0 Å². The Balaban J connectivity index is -0.000000180. The first-order valence-electron chi connectivity index (χ1n) is 2.39. The summed E-state index contributed by atoms with van der Waals surface area (Å²) in [6.45, 7) is 7.32. The zero-order chi connectivity index (χ0) is 5.91. The SMILES string of the molecule is C=CC[Si](C)(C)O.[H-].[Na+]. The van der Waals surface area contributed by atoms with E-state index in [4.69, 9.17) is 4.80 Å². The molecule has 8 heavy (non-hydrogen) atoms. The van der Waals surface area contributed by atoms with Crippen LogP contribution in [-0.4, -0.2) is 13.1 Å². The zero-order valence-corrected chi connectivity index (χ0v) is 8.94. The molecule has 0 heterocycles. The number of rotatable bonds is 2. The first-order chi connectivity index (χ1) is 3.06. The molecule has 0 aliphatic carbocycles. The second-order valence-electron chi connectivity index (χ2n) is 2.31. The van der Waals surface area contributed by atoms with E-state index in [9.17, 15) is 0 Å². The van der Waals surface area contributed by atoms with Crippen LogP contribution in [0.25, 0.3) is 0 Å². The molecule has 0 bridgehead atoms. The Kier molecular flexibility index (Phi) is 6.96. The molecule has 0 atom stereocenters. The summed E-state index contributed by atoms with van der Waals surface area (Å²) in [7, 11) is -1.78. The van der Waals surface area contributed by atoms with E-state index in [1.807, 2.05) is 13.1 Å². The molecule has 0 unspecified atom stereocenters. The third-order valence-corrected chi connectivity index (χ3v) is 1.93. The topological polar surface area (TPSA) is 20.2 Å². The molecule has 44 valence electrons. The van der Waals surface area contributed by atoms with E-state index in [1.54, 1.807) is 6.08 Å². The van der Waals surface area contributed by atoms with E-state index in [0.717, 1.165) is 6.04 Å². The van der Waals surface area contributed by atoms with Crippen LogP contribution in [0.3, 0.4) is 0 Å².